The number of anilines is 1. The van der Waals surface area contributed by atoms with Crippen molar-refractivity contribution in [2.45, 2.75) is 33.1 Å². The molecule has 0 spiro atoms. The number of aromatic nitrogens is 2. The van der Waals surface area contributed by atoms with Crippen molar-refractivity contribution < 1.29 is 4.79 Å². The standard InChI is InChI=1S/C20H21ClN4O/c1-11-6-7-12(2)13(10-11)4-3-5-14-16(21)9-8-15-17(22)19(20(23)26)25-24-18(14)15/h6-10H,3-5H2,1-2H3,(H2,22,24)(H2,23,26). The third kappa shape index (κ3) is 3.48. The van der Waals surface area contributed by atoms with Crippen LogP contribution in [-0.2, 0) is 12.8 Å². The lowest BCUT2D eigenvalue weighted by Crippen LogP contribution is -2.17. The zero-order chi connectivity index (χ0) is 18.8. The number of carbonyl (C=O) groups excluding carboxylic acids is 1. The third-order valence-electron chi connectivity index (χ3n) is 4.63. The highest BCUT2D eigenvalue weighted by Gasteiger charge is 2.16. The minimum absolute atomic E-state index is 0.0128. The second-order valence-electron chi connectivity index (χ2n) is 6.53. The molecule has 0 aliphatic heterocycles. The number of nitrogens with two attached hydrogens (primary N) is 2. The van der Waals surface area contributed by atoms with Crippen LogP contribution in [0.5, 0.6) is 0 Å². The summed E-state index contributed by atoms with van der Waals surface area (Å²) in [5.74, 6) is -0.691. The lowest BCUT2D eigenvalue weighted by Gasteiger charge is -2.11. The number of rotatable bonds is 5. The maximum absolute atomic E-state index is 11.4. The first kappa shape index (κ1) is 18.1. The Labute approximate surface area is 157 Å². The van der Waals surface area contributed by atoms with Crippen molar-refractivity contribution in [3.63, 3.8) is 0 Å². The van der Waals surface area contributed by atoms with Crippen LogP contribution >= 0.6 is 11.6 Å². The van der Waals surface area contributed by atoms with Crippen LogP contribution in [0, 0.1) is 13.8 Å². The quantitative estimate of drug-likeness (QED) is 0.716. The van der Waals surface area contributed by atoms with Gasteiger partial charge in [0.1, 0.15) is 0 Å². The number of primary amides is 1. The van der Waals surface area contributed by atoms with Crippen LogP contribution in [0.25, 0.3) is 10.9 Å². The Hall–Kier alpha value is -2.66. The van der Waals surface area contributed by atoms with Crippen molar-refractivity contribution in [3.05, 3.63) is 63.3 Å². The summed E-state index contributed by atoms with van der Waals surface area (Å²) in [7, 11) is 0. The summed E-state index contributed by atoms with van der Waals surface area (Å²) in [6.07, 6.45) is 2.61. The van der Waals surface area contributed by atoms with Gasteiger partial charge in [-0.3, -0.25) is 4.79 Å². The number of nitrogens with zero attached hydrogens (tertiary/aromatic N) is 2. The molecule has 0 saturated heterocycles. The van der Waals surface area contributed by atoms with E-state index in [1.54, 1.807) is 12.1 Å². The van der Waals surface area contributed by atoms with Crippen LogP contribution < -0.4 is 11.5 Å². The summed E-state index contributed by atoms with van der Waals surface area (Å²) in [5, 5.41) is 9.33. The van der Waals surface area contributed by atoms with E-state index < -0.39 is 5.91 Å². The van der Waals surface area contributed by atoms with Crippen molar-refractivity contribution in [3.8, 4) is 0 Å². The molecule has 0 bridgehead atoms. The second-order valence-corrected chi connectivity index (χ2v) is 6.94. The van der Waals surface area contributed by atoms with Gasteiger partial charge in [-0.15, -0.1) is 10.2 Å². The van der Waals surface area contributed by atoms with E-state index in [4.69, 9.17) is 23.1 Å². The Bertz CT molecular complexity index is 1000. The molecular weight excluding hydrogens is 348 g/mol. The molecule has 134 valence electrons. The number of hydrogen-bond acceptors (Lipinski definition) is 4. The van der Waals surface area contributed by atoms with Gasteiger partial charge >= 0.3 is 0 Å². The predicted molar refractivity (Wildman–Crippen MR) is 105 cm³/mol. The second kappa shape index (κ2) is 7.30. The topological polar surface area (TPSA) is 94.9 Å². The van der Waals surface area contributed by atoms with Gasteiger partial charge in [-0.25, -0.2) is 0 Å². The number of carbonyl (C=O) groups is 1. The molecule has 1 amide bonds. The first-order valence-corrected chi connectivity index (χ1v) is 8.85. The van der Waals surface area contributed by atoms with E-state index in [2.05, 4.69) is 42.2 Å². The van der Waals surface area contributed by atoms with E-state index >= 15 is 0 Å². The fourth-order valence-electron chi connectivity index (χ4n) is 3.17. The number of hydrogen-bond donors (Lipinski definition) is 2. The molecule has 26 heavy (non-hydrogen) atoms. The molecule has 0 aliphatic carbocycles. The number of aryl methyl sites for hydroxylation is 4. The molecule has 1 aromatic heterocycles. The summed E-state index contributed by atoms with van der Waals surface area (Å²) in [4.78, 5) is 11.4. The van der Waals surface area contributed by atoms with Gasteiger partial charge in [0.15, 0.2) is 5.69 Å². The van der Waals surface area contributed by atoms with Crippen LogP contribution in [0.2, 0.25) is 5.02 Å². The lowest BCUT2D eigenvalue weighted by molar-refractivity contribution is 0.0996. The monoisotopic (exact) mass is 368 g/mol. The van der Waals surface area contributed by atoms with Crippen LogP contribution in [0.15, 0.2) is 30.3 Å². The molecule has 0 atom stereocenters. The van der Waals surface area contributed by atoms with E-state index in [-0.39, 0.29) is 11.4 Å². The SMILES string of the molecule is Cc1ccc(C)c(CCCc2c(Cl)ccc3c(N)c(C(N)=O)nnc23)c1. The molecular formula is C20H21ClN4O. The van der Waals surface area contributed by atoms with Gasteiger partial charge in [0.05, 0.1) is 11.2 Å². The van der Waals surface area contributed by atoms with Crippen molar-refractivity contribution in [1.82, 2.24) is 10.2 Å². The minimum Gasteiger partial charge on any atom is -0.396 e. The van der Waals surface area contributed by atoms with Gasteiger partial charge in [0, 0.05) is 10.4 Å². The fourth-order valence-corrected chi connectivity index (χ4v) is 3.42. The number of amides is 1. The molecule has 3 rings (SSSR count). The molecule has 0 saturated carbocycles. The lowest BCUT2D eigenvalue weighted by atomic mass is 9.97. The van der Waals surface area contributed by atoms with E-state index in [1.807, 2.05) is 0 Å². The summed E-state index contributed by atoms with van der Waals surface area (Å²) < 4.78 is 0. The van der Waals surface area contributed by atoms with Crippen molar-refractivity contribution in [2.75, 3.05) is 5.73 Å². The fraction of sp³-hybridized carbons (Fsp3) is 0.250. The normalized spacial score (nSPS) is 11.0. The molecule has 3 aromatic rings. The molecule has 4 N–H and O–H groups in total. The van der Waals surface area contributed by atoms with E-state index in [0.717, 1.165) is 24.8 Å². The third-order valence-corrected chi connectivity index (χ3v) is 4.99. The molecule has 1 heterocycles. The Morgan fingerprint density at radius 3 is 2.62 bits per heavy atom. The summed E-state index contributed by atoms with van der Waals surface area (Å²) in [6, 6.07) is 10.0. The van der Waals surface area contributed by atoms with Gasteiger partial charge in [-0.1, -0.05) is 35.4 Å². The Kier molecular flexibility index (Phi) is 5.09. The maximum atomic E-state index is 11.4. The van der Waals surface area contributed by atoms with Crippen LogP contribution in [0.1, 0.15) is 39.2 Å². The smallest absolute Gasteiger partial charge is 0.271 e. The Balaban J connectivity index is 1.90. The summed E-state index contributed by atoms with van der Waals surface area (Å²) in [6.45, 7) is 4.22. The largest absolute Gasteiger partial charge is 0.396 e. The Morgan fingerprint density at radius 2 is 1.88 bits per heavy atom. The van der Waals surface area contributed by atoms with Crippen molar-refractivity contribution >= 4 is 34.1 Å². The molecule has 0 radical (unpaired) electrons. The molecule has 2 aromatic carbocycles. The number of nitrogen functional groups attached to an aromatic ring is 1. The van der Waals surface area contributed by atoms with E-state index in [0.29, 0.717) is 15.9 Å². The van der Waals surface area contributed by atoms with E-state index in [1.165, 1.54) is 16.7 Å². The van der Waals surface area contributed by atoms with Gasteiger partial charge in [0.25, 0.3) is 5.91 Å². The van der Waals surface area contributed by atoms with Crippen LogP contribution in [0.4, 0.5) is 5.69 Å². The van der Waals surface area contributed by atoms with Gasteiger partial charge in [-0.2, -0.15) is 0 Å². The van der Waals surface area contributed by atoms with Gasteiger partial charge < -0.3 is 11.5 Å². The average molecular weight is 369 g/mol. The highest BCUT2D eigenvalue weighted by Crippen LogP contribution is 2.30. The Morgan fingerprint density at radius 1 is 1.12 bits per heavy atom. The number of halogens is 1. The van der Waals surface area contributed by atoms with Crippen molar-refractivity contribution in [1.29, 1.82) is 0 Å². The highest BCUT2D eigenvalue weighted by molar-refractivity contribution is 6.32. The van der Waals surface area contributed by atoms with Crippen LogP contribution in [-0.4, -0.2) is 16.1 Å². The first-order chi connectivity index (χ1) is 12.4. The molecule has 0 unspecified atom stereocenters. The minimum atomic E-state index is -0.691. The van der Waals surface area contributed by atoms with Gasteiger partial charge in [-0.05, 0) is 61.9 Å². The average Bonchev–Trinajstić information content (AvgIpc) is 2.59. The van der Waals surface area contributed by atoms with E-state index in [9.17, 15) is 4.79 Å². The zero-order valence-corrected chi connectivity index (χ0v) is 15.6. The zero-order valence-electron chi connectivity index (χ0n) is 14.8. The number of fused-ring (bicyclic) bond motifs is 1. The highest BCUT2D eigenvalue weighted by atomic mass is 35.5. The van der Waals surface area contributed by atoms with Crippen LogP contribution in [0.3, 0.4) is 0 Å². The summed E-state index contributed by atoms with van der Waals surface area (Å²) in [5.41, 5.74) is 17.0. The molecule has 0 fully saturated rings. The van der Waals surface area contributed by atoms with Gasteiger partial charge in [0.2, 0.25) is 0 Å². The molecule has 6 heteroatoms. The first-order valence-electron chi connectivity index (χ1n) is 8.47. The predicted octanol–water partition coefficient (Wildman–Crippen LogP) is 3.76. The van der Waals surface area contributed by atoms with Crippen molar-refractivity contribution in [2.24, 2.45) is 5.73 Å². The molecule has 5 nitrogen and oxygen atoms in total. The number of benzene rings is 2. The molecule has 0 aliphatic rings. The maximum Gasteiger partial charge on any atom is 0.271 e. The summed E-state index contributed by atoms with van der Waals surface area (Å²) >= 11 is 6.40.